The van der Waals surface area contributed by atoms with Crippen LogP contribution in [0.15, 0.2) is 223 Å². The van der Waals surface area contributed by atoms with Crippen LogP contribution in [0.4, 0.5) is 17.1 Å². The van der Waals surface area contributed by atoms with Gasteiger partial charge in [0.2, 0.25) is 0 Å². The van der Waals surface area contributed by atoms with Gasteiger partial charge in [-0.25, -0.2) is 0 Å². The summed E-state index contributed by atoms with van der Waals surface area (Å²) in [4.78, 5) is 2.43. The molecule has 0 fully saturated rings. The number of furan rings is 1. The fourth-order valence-corrected chi connectivity index (χ4v) is 9.95. The first-order valence-corrected chi connectivity index (χ1v) is 20.9. The molecule has 0 N–H and O–H groups in total. The Morgan fingerprint density at radius 1 is 0.328 bits per heavy atom. The highest BCUT2D eigenvalue weighted by atomic mass is 16.3. The second kappa shape index (κ2) is 13.2. The zero-order chi connectivity index (χ0) is 40.0. The van der Waals surface area contributed by atoms with Crippen molar-refractivity contribution in [1.82, 2.24) is 4.57 Å². The standard InChI is InChI=1S/C58H36N2O/c1-2-15-41-35-54-50(34-40(41)14-1)47-20-7-9-23-51(47)60(54)44-17-11-16-39(33-44)37-29-31-43(32-30-37)59(52-24-12-26-56-58(52)49-22-8-10-25-55(49)61-56)53-36-42-28-27-38-13-3-4-18-45(38)57(42)48-21-6-5-19-46(48)53/h1-36H. The lowest BCUT2D eigenvalue weighted by atomic mass is 9.94. The number of para-hydroxylation sites is 2. The van der Waals surface area contributed by atoms with E-state index in [1.54, 1.807) is 0 Å². The number of hydrogen-bond donors (Lipinski definition) is 0. The summed E-state index contributed by atoms with van der Waals surface area (Å²) in [5, 5.41) is 14.6. The summed E-state index contributed by atoms with van der Waals surface area (Å²) in [5.41, 5.74) is 10.9. The molecule has 0 amide bonds. The average molecular weight is 777 g/mol. The van der Waals surface area contributed by atoms with Crippen molar-refractivity contribution < 1.29 is 4.42 Å². The Morgan fingerprint density at radius 2 is 0.984 bits per heavy atom. The maximum absolute atomic E-state index is 6.49. The first kappa shape index (κ1) is 33.8. The van der Waals surface area contributed by atoms with Crippen LogP contribution in [0.1, 0.15) is 0 Å². The van der Waals surface area contributed by atoms with Crippen LogP contribution in [0.3, 0.4) is 0 Å². The van der Waals surface area contributed by atoms with Gasteiger partial charge in [-0.05, 0) is 116 Å². The summed E-state index contributed by atoms with van der Waals surface area (Å²) in [6, 6.07) is 79.4. The van der Waals surface area contributed by atoms with Crippen molar-refractivity contribution in [3.8, 4) is 16.8 Å². The Labute approximate surface area is 351 Å². The number of rotatable bonds is 5. The maximum Gasteiger partial charge on any atom is 0.137 e. The van der Waals surface area contributed by atoms with Crippen molar-refractivity contribution in [2.24, 2.45) is 0 Å². The molecule has 2 heterocycles. The predicted molar refractivity (Wildman–Crippen MR) is 258 cm³/mol. The van der Waals surface area contributed by atoms with Gasteiger partial charge < -0.3 is 13.9 Å². The summed E-state index contributed by atoms with van der Waals surface area (Å²) in [6.07, 6.45) is 0. The van der Waals surface area contributed by atoms with Gasteiger partial charge in [0.05, 0.1) is 27.8 Å². The molecule has 13 aromatic rings. The Balaban J connectivity index is 1.00. The molecule has 13 rings (SSSR count). The molecule has 0 atom stereocenters. The molecule has 0 saturated heterocycles. The van der Waals surface area contributed by atoms with E-state index in [0.29, 0.717) is 0 Å². The van der Waals surface area contributed by atoms with E-state index in [-0.39, 0.29) is 0 Å². The Morgan fingerprint density at radius 3 is 1.84 bits per heavy atom. The molecular weight excluding hydrogens is 741 g/mol. The SMILES string of the molecule is c1cc(-c2ccc(N(c3cc4ccc5ccccc5c4c4ccccc34)c3cccc4oc5ccccc5c34)cc2)cc(-n2c3ccccc3c3cc4ccccc4cc32)c1. The first-order chi connectivity index (χ1) is 30.2. The summed E-state index contributed by atoms with van der Waals surface area (Å²) in [5.74, 6) is 0. The van der Waals surface area contributed by atoms with E-state index < -0.39 is 0 Å². The number of anilines is 3. The van der Waals surface area contributed by atoms with Gasteiger partial charge in [-0.2, -0.15) is 0 Å². The van der Waals surface area contributed by atoms with Gasteiger partial charge in [0.15, 0.2) is 0 Å². The smallest absolute Gasteiger partial charge is 0.137 e. The fraction of sp³-hybridized carbons (Fsp3) is 0. The van der Waals surface area contributed by atoms with Crippen molar-refractivity contribution in [2.75, 3.05) is 4.90 Å². The normalized spacial score (nSPS) is 11.9. The lowest BCUT2D eigenvalue weighted by Crippen LogP contribution is -2.11. The molecule has 284 valence electrons. The molecule has 0 saturated carbocycles. The van der Waals surface area contributed by atoms with Crippen LogP contribution in [0, 0.1) is 0 Å². The molecule has 0 aliphatic carbocycles. The van der Waals surface area contributed by atoms with Gasteiger partial charge in [0.1, 0.15) is 11.2 Å². The summed E-state index contributed by atoms with van der Waals surface area (Å²) >= 11 is 0. The van der Waals surface area contributed by atoms with Gasteiger partial charge in [0, 0.05) is 32.9 Å². The van der Waals surface area contributed by atoms with E-state index in [2.05, 4.69) is 222 Å². The highest BCUT2D eigenvalue weighted by Gasteiger charge is 2.23. The van der Waals surface area contributed by atoms with Crippen molar-refractivity contribution in [2.45, 2.75) is 0 Å². The van der Waals surface area contributed by atoms with E-state index in [0.717, 1.165) is 55.8 Å². The zero-order valence-corrected chi connectivity index (χ0v) is 33.1. The lowest BCUT2D eigenvalue weighted by molar-refractivity contribution is 0.669. The quantitative estimate of drug-likeness (QED) is 0.162. The van der Waals surface area contributed by atoms with Gasteiger partial charge >= 0.3 is 0 Å². The van der Waals surface area contributed by atoms with Gasteiger partial charge in [-0.15, -0.1) is 0 Å². The lowest BCUT2D eigenvalue weighted by Gasteiger charge is -2.28. The summed E-state index contributed by atoms with van der Waals surface area (Å²) in [7, 11) is 0. The summed E-state index contributed by atoms with van der Waals surface area (Å²) in [6.45, 7) is 0. The van der Waals surface area contributed by atoms with Crippen molar-refractivity contribution in [3.05, 3.63) is 218 Å². The number of aromatic nitrogens is 1. The summed E-state index contributed by atoms with van der Waals surface area (Å²) < 4.78 is 8.90. The molecule has 0 spiro atoms. The second-order valence-corrected chi connectivity index (χ2v) is 16.1. The van der Waals surface area contributed by atoms with Crippen molar-refractivity contribution >= 4 is 104 Å². The molecule has 11 aromatic carbocycles. The van der Waals surface area contributed by atoms with Gasteiger partial charge in [-0.1, -0.05) is 152 Å². The molecule has 0 bridgehead atoms. The van der Waals surface area contributed by atoms with Crippen molar-refractivity contribution in [3.63, 3.8) is 0 Å². The van der Waals surface area contributed by atoms with Gasteiger partial charge in [0.25, 0.3) is 0 Å². The molecule has 61 heavy (non-hydrogen) atoms. The molecular formula is C58H36N2O. The second-order valence-electron chi connectivity index (χ2n) is 16.1. The molecule has 0 aliphatic heterocycles. The highest BCUT2D eigenvalue weighted by Crippen LogP contribution is 2.47. The largest absolute Gasteiger partial charge is 0.456 e. The zero-order valence-electron chi connectivity index (χ0n) is 33.1. The number of nitrogens with zero attached hydrogens (tertiary/aromatic N) is 2. The van der Waals surface area contributed by atoms with Gasteiger partial charge in [-0.3, -0.25) is 0 Å². The van der Waals surface area contributed by atoms with Crippen LogP contribution in [0.2, 0.25) is 0 Å². The van der Waals surface area contributed by atoms with E-state index in [4.69, 9.17) is 4.42 Å². The Bertz CT molecular complexity index is 3890. The fourth-order valence-electron chi connectivity index (χ4n) is 9.95. The predicted octanol–water partition coefficient (Wildman–Crippen LogP) is 16.4. The number of fused-ring (bicyclic) bond motifs is 12. The van der Waals surface area contributed by atoms with Crippen LogP contribution in [-0.4, -0.2) is 4.57 Å². The average Bonchev–Trinajstić information content (AvgIpc) is 3.87. The Hall–Kier alpha value is -8.14. The van der Waals surface area contributed by atoms with E-state index >= 15 is 0 Å². The van der Waals surface area contributed by atoms with Crippen LogP contribution in [-0.2, 0) is 0 Å². The minimum atomic E-state index is 0.867. The third-order valence-corrected chi connectivity index (χ3v) is 12.7. The molecule has 0 unspecified atom stereocenters. The van der Waals surface area contributed by atoms with Crippen LogP contribution >= 0.6 is 0 Å². The third kappa shape index (κ3) is 5.17. The molecule has 3 nitrogen and oxygen atoms in total. The van der Waals surface area contributed by atoms with Crippen LogP contribution in [0.5, 0.6) is 0 Å². The van der Waals surface area contributed by atoms with Crippen LogP contribution < -0.4 is 4.90 Å². The maximum atomic E-state index is 6.49. The van der Waals surface area contributed by atoms with E-state index in [1.165, 1.54) is 64.9 Å². The topological polar surface area (TPSA) is 21.3 Å². The van der Waals surface area contributed by atoms with E-state index in [1.807, 2.05) is 6.07 Å². The molecule has 0 aliphatic rings. The number of benzene rings is 11. The van der Waals surface area contributed by atoms with Crippen molar-refractivity contribution in [1.29, 1.82) is 0 Å². The van der Waals surface area contributed by atoms with Crippen LogP contribution in [0.25, 0.3) is 104 Å². The molecule has 0 radical (unpaired) electrons. The first-order valence-electron chi connectivity index (χ1n) is 20.9. The minimum Gasteiger partial charge on any atom is -0.456 e. The van der Waals surface area contributed by atoms with E-state index in [9.17, 15) is 0 Å². The molecule has 3 heteroatoms. The highest BCUT2D eigenvalue weighted by molar-refractivity contribution is 6.24. The Kier molecular flexibility index (Phi) is 7.31. The number of hydrogen-bond acceptors (Lipinski definition) is 2. The monoisotopic (exact) mass is 776 g/mol. The molecule has 2 aromatic heterocycles. The minimum absolute atomic E-state index is 0.867. The third-order valence-electron chi connectivity index (χ3n) is 12.7.